The number of phenolic OH excluding ortho intramolecular Hbond substituents is 3. The highest BCUT2D eigenvalue weighted by Crippen LogP contribution is 2.55. The zero-order chi connectivity index (χ0) is 18.5. The summed E-state index contributed by atoms with van der Waals surface area (Å²) in [7, 11) is 0. The van der Waals surface area contributed by atoms with Gasteiger partial charge in [-0.3, -0.25) is 4.79 Å². The fraction of sp³-hybridized carbons (Fsp3) is 0.579. The van der Waals surface area contributed by atoms with Gasteiger partial charge in [-0.05, 0) is 68.4 Å². The van der Waals surface area contributed by atoms with Gasteiger partial charge in [0.05, 0.1) is 5.56 Å². The van der Waals surface area contributed by atoms with E-state index in [1.807, 2.05) is 0 Å². The predicted molar refractivity (Wildman–Crippen MR) is 90.8 cm³/mol. The number of carbonyl (C=O) groups excluding carboxylic acids is 2. The molecule has 0 atom stereocenters. The van der Waals surface area contributed by atoms with Gasteiger partial charge in [-0.15, -0.1) is 0 Å². The number of hydrogen-bond donors (Lipinski definition) is 4. The highest BCUT2D eigenvalue weighted by Gasteiger charge is 2.51. The first-order valence-electron chi connectivity index (χ1n) is 9.07. The number of phenols is 3. The summed E-state index contributed by atoms with van der Waals surface area (Å²) < 4.78 is 5.00. The van der Waals surface area contributed by atoms with Crippen molar-refractivity contribution < 1.29 is 29.6 Å². The Bertz CT molecular complexity index is 700. The van der Waals surface area contributed by atoms with Crippen LogP contribution in [0.1, 0.15) is 48.9 Å². The molecule has 4 aliphatic carbocycles. The number of carbonyl (C=O) groups is 2. The van der Waals surface area contributed by atoms with Crippen LogP contribution in [0.5, 0.6) is 17.2 Å². The van der Waals surface area contributed by atoms with Crippen LogP contribution in [0.15, 0.2) is 12.1 Å². The molecule has 0 radical (unpaired) electrons. The Morgan fingerprint density at radius 1 is 1.00 bits per heavy atom. The van der Waals surface area contributed by atoms with Crippen LogP contribution in [-0.2, 0) is 9.53 Å². The quantitative estimate of drug-likeness (QED) is 0.482. The molecule has 7 nitrogen and oxygen atoms in total. The second-order valence-corrected chi connectivity index (χ2v) is 8.19. The fourth-order valence-corrected chi connectivity index (χ4v) is 5.53. The Hall–Kier alpha value is -2.44. The highest BCUT2D eigenvalue weighted by molar-refractivity contribution is 5.92. The van der Waals surface area contributed by atoms with E-state index in [1.54, 1.807) is 0 Å². The van der Waals surface area contributed by atoms with Gasteiger partial charge < -0.3 is 25.4 Å². The molecule has 140 valence electrons. The maximum Gasteiger partial charge on any atom is 0.338 e. The first-order chi connectivity index (χ1) is 12.3. The van der Waals surface area contributed by atoms with Crippen LogP contribution in [-0.4, -0.2) is 39.3 Å². The minimum Gasteiger partial charge on any atom is -0.504 e. The molecule has 4 fully saturated rings. The van der Waals surface area contributed by atoms with Crippen LogP contribution < -0.4 is 5.32 Å². The van der Waals surface area contributed by atoms with Crippen LogP contribution in [0.2, 0.25) is 0 Å². The Morgan fingerprint density at radius 3 is 2.00 bits per heavy atom. The van der Waals surface area contributed by atoms with Gasteiger partial charge in [0.15, 0.2) is 23.9 Å². The van der Waals surface area contributed by atoms with E-state index in [-0.39, 0.29) is 17.0 Å². The van der Waals surface area contributed by atoms with Crippen molar-refractivity contribution in [1.82, 2.24) is 5.32 Å². The maximum absolute atomic E-state index is 12.3. The van der Waals surface area contributed by atoms with E-state index in [9.17, 15) is 24.9 Å². The summed E-state index contributed by atoms with van der Waals surface area (Å²) in [5.41, 5.74) is -0.284. The lowest BCUT2D eigenvalue weighted by molar-refractivity contribution is -0.130. The normalized spacial score (nSPS) is 31.6. The highest BCUT2D eigenvalue weighted by atomic mass is 16.5. The van der Waals surface area contributed by atoms with Gasteiger partial charge in [0.2, 0.25) is 0 Å². The standard InChI is InChI=1S/C19H23NO6/c21-14-4-13(5-15(22)17(14)24)18(25)26-9-16(23)20-19-6-10-1-11(7-19)3-12(2-10)8-19/h4-5,10-12,21-22,24H,1-3,6-9H2,(H,20,23). The van der Waals surface area contributed by atoms with Gasteiger partial charge in [-0.1, -0.05) is 0 Å². The third-order valence-corrected chi connectivity index (χ3v) is 6.08. The number of amides is 1. The van der Waals surface area contributed by atoms with Crippen molar-refractivity contribution in [2.24, 2.45) is 17.8 Å². The van der Waals surface area contributed by atoms with Crippen molar-refractivity contribution >= 4 is 11.9 Å². The minimum absolute atomic E-state index is 0.139. The number of benzene rings is 1. The molecule has 5 rings (SSSR count). The van der Waals surface area contributed by atoms with E-state index in [2.05, 4.69) is 5.32 Å². The average molecular weight is 361 g/mol. The number of esters is 1. The topological polar surface area (TPSA) is 116 Å². The molecule has 1 amide bonds. The summed E-state index contributed by atoms with van der Waals surface area (Å²) >= 11 is 0. The van der Waals surface area contributed by atoms with Crippen molar-refractivity contribution in [3.05, 3.63) is 17.7 Å². The average Bonchev–Trinajstić information content (AvgIpc) is 2.55. The molecule has 4 N–H and O–H groups in total. The van der Waals surface area contributed by atoms with Gasteiger partial charge in [-0.2, -0.15) is 0 Å². The second-order valence-electron chi connectivity index (χ2n) is 8.19. The van der Waals surface area contributed by atoms with Crippen molar-refractivity contribution in [1.29, 1.82) is 0 Å². The maximum atomic E-state index is 12.3. The van der Waals surface area contributed by atoms with Gasteiger partial charge in [0.25, 0.3) is 5.91 Å². The molecular weight excluding hydrogens is 338 g/mol. The van der Waals surface area contributed by atoms with E-state index in [4.69, 9.17) is 4.74 Å². The van der Waals surface area contributed by atoms with E-state index < -0.39 is 29.8 Å². The van der Waals surface area contributed by atoms with Gasteiger partial charge in [0.1, 0.15) is 0 Å². The number of hydrogen-bond acceptors (Lipinski definition) is 6. The van der Waals surface area contributed by atoms with Crippen molar-refractivity contribution in [2.45, 2.75) is 44.1 Å². The lowest BCUT2D eigenvalue weighted by Gasteiger charge is -2.56. The second kappa shape index (κ2) is 6.07. The van der Waals surface area contributed by atoms with Crippen LogP contribution in [0.25, 0.3) is 0 Å². The summed E-state index contributed by atoms with van der Waals surface area (Å²) in [6.45, 7) is -0.414. The lowest BCUT2D eigenvalue weighted by atomic mass is 9.53. The molecule has 7 heteroatoms. The SMILES string of the molecule is O=C(COC(=O)c1cc(O)c(O)c(O)c1)NC12CC3CC(CC(C3)C1)C2. The van der Waals surface area contributed by atoms with E-state index in [1.165, 1.54) is 19.3 Å². The Kier molecular flexibility index (Phi) is 3.97. The van der Waals surface area contributed by atoms with Crippen molar-refractivity contribution in [3.63, 3.8) is 0 Å². The summed E-state index contributed by atoms with van der Waals surface area (Å²) in [4.78, 5) is 24.3. The van der Waals surface area contributed by atoms with Crippen LogP contribution in [0.3, 0.4) is 0 Å². The van der Waals surface area contributed by atoms with Crippen molar-refractivity contribution in [2.75, 3.05) is 6.61 Å². The van der Waals surface area contributed by atoms with Crippen LogP contribution >= 0.6 is 0 Å². The van der Waals surface area contributed by atoms with Crippen LogP contribution in [0.4, 0.5) is 0 Å². The number of rotatable bonds is 4. The fourth-order valence-electron chi connectivity index (χ4n) is 5.53. The molecule has 1 aromatic carbocycles. The molecule has 0 aliphatic heterocycles. The molecule has 0 aromatic heterocycles. The Morgan fingerprint density at radius 2 is 1.50 bits per heavy atom. The number of nitrogens with one attached hydrogen (secondary N) is 1. The largest absolute Gasteiger partial charge is 0.504 e. The molecule has 4 saturated carbocycles. The number of aromatic hydroxyl groups is 3. The van der Waals surface area contributed by atoms with E-state index >= 15 is 0 Å². The molecule has 0 saturated heterocycles. The summed E-state index contributed by atoms with van der Waals surface area (Å²) in [6.07, 6.45) is 6.86. The van der Waals surface area contributed by atoms with Crippen LogP contribution in [0, 0.1) is 17.8 Å². The minimum atomic E-state index is -0.851. The number of ether oxygens (including phenoxy) is 1. The van der Waals surface area contributed by atoms with Gasteiger partial charge in [-0.25, -0.2) is 4.79 Å². The molecular formula is C19H23NO6. The van der Waals surface area contributed by atoms with E-state index in [0.717, 1.165) is 31.4 Å². The summed E-state index contributed by atoms with van der Waals surface area (Å²) in [6, 6.07) is 1.96. The first-order valence-corrected chi connectivity index (χ1v) is 9.07. The summed E-state index contributed by atoms with van der Waals surface area (Å²) in [5.74, 6) is -1.04. The zero-order valence-corrected chi connectivity index (χ0v) is 14.4. The molecule has 4 bridgehead atoms. The predicted octanol–water partition coefficient (Wildman–Crippen LogP) is 2.05. The zero-order valence-electron chi connectivity index (χ0n) is 14.4. The monoisotopic (exact) mass is 361 g/mol. The molecule has 0 heterocycles. The smallest absolute Gasteiger partial charge is 0.338 e. The third kappa shape index (κ3) is 3.06. The Balaban J connectivity index is 1.35. The van der Waals surface area contributed by atoms with E-state index in [0.29, 0.717) is 17.8 Å². The molecule has 0 unspecified atom stereocenters. The molecule has 0 spiro atoms. The Labute approximate surface area is 151 Å². The van der Waals surface area contributed by atoms with Gasteiger partial charge in [0, 0.05) is 5.54 Å². The third-order valence-electron chi connectivity index (χ3n) is 6.08. The molecule has 26 heavy (non-hydrogen) atoms. The van der Waals surface area contributed by atoms with Gasteiger partial charge >= 0.3 is 5.97 Å². The van der Waals surface area contributed by atoms with Crippen molar-refractivity contribution in [3.8, 4) is 17.2 Å². The lowest BCUT2D eigenvalue weighted by Crippen LogP contribution is -2.60. The molecule has 1 aromatic rings. The first kappa shape index (κ1) is 17.0. The summed E-state index contributed by atoms with van der Waals surface area (Å²) in [5, 5.41) is 31.3. The molecule has 4 aliphatic rings.